The Morgan fingerprint density at radius 2 is 1.73 bits per heavy atom. The number of nitrogens with two attached hydrogens (primary N) is 1. The number of rotatable bonds is 5. The van der Waals surface area contributed by atoms with Gasteiger partial charge in [0.1, 0.15) is 5.75 Å². The van der Waals surface area contributed by atoms with Crippen molar-refractivity contribution in [3.05, 3.63) is 53.1 Å². The van der Waals surface area contributed by atoms with Crippen LogP contribution in [0.5, 0.6) is 5.75 Å². The van der Waals surface area contributed by atoms with Crippen molar-refractivity contribution < 1.29 is 39.0 Å². The Balaban J connectivity index is 1.64. The number of ketones is 5. The third-order valence-corrected chi connectivity index (χ3v) is 8.93. The fourth-order valence-corrected chi connectivity index (χ4v) is 7.05. The van der Waals surface area contributed by atoms with Gasteiger partial charge in [-0.05, 0) is 61.7 Å². The Labute approximate surface area is 236 Å². The monoisotopic (exact) mass is 560 g/mol. The molecule has 2 saturated carbocycles. The van der Waals surface area contributed by atoms with E-state index in [0.717, 1.165) is 0 Å². The van der Waals surface area contributed by atoms with E-state index in [1.807, 2.05) is 0 Å². The minimum atomic E-state index is -2.77. The smallest absolute Gasteiger partial charge is 0.235 e. The summed E-state index contributed by atoms with van der Waals surface area (Å²) in [6.07, 6.45) is 0.1000. The van der Waals surface area contributed by atoms with Gasteiger partial charge in [-0.1, -0.05) is 38.1 Å². The molecule has 0 spiro atoms. The minimum Gasteiger partial charge on any atom is -0.507 e. The lowest BCUT2D eigenvalue weighted by molar-refractivity contribution is -0.181. The maximum Gasteiger partial charge on any atom is 0.235 e. The fraction of sp³-hybridized carbons (Fsp3) is 0.419. The highest BCUT2D eigenvalue weighted by molar-refractivity contribution is 6.32. The summed E-state index contributed by atoms with van der Waals surface area (Å²) in [7, 11) is 3.08. The van der Waals surface area contributed by atoms with Gasteiger partial charge in [-0.25, -0.2) is 0 Å². The second-order valence-electron chi connectivity index (χ2n) is 11.9. The Hall–Kier alpha value is -4.02. The van der Waals surface area contributed by atoms with Gasteiger partial charge in [-0.15, -0.1) is 0 Å². The summed E-state index contributed by atoms with van der Waals surface area (Å²) >= 11 is 0. The third kappa shape index (κ3) is 4.07. The average molecular weight is 561 g/mol. The summed E-state index contributed by atoms with van der Waals surface area (Å²) in [6, 6.07) is 8.77. The fourth-order valence-electron chi connectivity index (χ4n) is 7.05. The van der Waals surface area contributed by atoms with Crippen molar-refractivity contribution in [2.24, 2.45) is 35.3 Å². The normalized spacial score (nSPS) is 29.3. The Bertz CT molecular complexity index is 1540. The van der Waals surface area contributed by atoms with Gasteiger partial charge in [0.15, 0.2) is 40.4 Å². The van der Waals surface area contributed by atoms with Crippen LogP contribution in [0.4, 0.5) is 0 Å². The van der Waals surface area contributed by atoms with Gasteiger partial charge in [0.25, 0.3) is 0 Å². The minimum absolute atomic E-state index is 0.0368. The number of benzene rings is 2. The van der Waals surface area contributed by atoms with Crippen molar-refractivity contribution >= 4 is 34.8 Å². The zero-order valence-corrected chi connectivity index (χ0v) is 23.2. The van der Waals surface area contributed by atoms with E-state index in [4.69, 9.17) is 5.73 Å². The van der Waals surface area contributed by atoms with Gasteiger partial charge in [-0.3, -0.25) is 33.7 Å². The number of aromatic hydroxyl groups is 1. The lowest BCUT2D eigenvalue weighted by Crippen LogP contribution is -2.74. The first-order chi connectivity index (χ1) is 19.2. The van der Waals surface area contributed by atoms with Crippen LogP contribution in [0.3, 0.4) is 0 Å². The number of phenolic OH excluding ortho intramolecular Hbond substituents is 1. The number of carbonyl (C=O) groups is 6. The largest absolute Gasteiger partial charge is 0.507 e. The van der Waals surface area contributed by atoms with E-state index in [-0.39, 0.29) is 35.9 Å². The van der Waals surface area contributed by atoms with Crippen molar-refractivity contribution in [3.63, 3.8) is 0 Å². The number of phenols is 1. The molecular weight excluding hydrogens is 528 g/mol. The molecule has 0 radical (unpaired) electrons. The van der Waals surface area contributed by atoms with Gasteiger partial charge in [0.2, 0.25) is 5.91 Å². The molecule has 3 aliphatic carbocycles. The molecule has 10 heteroatoms. The second kappa shape index (κ2) is 9.81. The van der Waals surface area contributed by atoms with Gasteiger partial charge in [0.05, 0.1) is 17.5 Å². The lowest BCUT2D eigenvalue weighted by Gasteiger charge is -2.52. The van der Waals surface area contributed by atoms with Gasteiger partial charge in [-0.2, -0.15) is 0 Å². The van der Waals surface area contributed by atoms with Crippen LogP contribution in [0.15, 0.2) is 36.4 Å². The molecule has 0 aliphatic heterocycles. The molecule has 0 aromatic heterocycles. The number of carbonyl (C=O) groups excluding carboxylic acids is 6. The van der Waals surface area contributed by atoms with Gasteiger partial charge in [0, 0.05) is 17.4 Å². The predicted molar refractivity (Wildman–Crippen MR) is 146 cm³/mol. The lowest BCUT2D eigenvalue weighted by atomic mass is 9.52. The SMILES string of the molecule is CC(C)C(=O)c1cccc(-c2ccc(O)c3c2C[C@H]2C[C@H]4[C@H](N(C)C)C(=O)C(C(N)=O)C(=O)[C@@]4(O)C(=O)C2C3=O)c1. The van der Waals surface area contributed by atoms with E-state index < -0.39 is 64.4 Å². The number of amides is 1. The molecule has 5 rings (SSSR count). The van der Waals surface area contributed by atoms with Crippen LogP contribution in [-0.4, -0.2) is 75.7 Å². The molecule has 2 aromatic carbocycles. The number of fused-ring (bicyclic) bond motifs is 3. The zero-order valence-electron chi connectivity index (χ0n) is 23.2. The summed E-state index contributed by atoms with van der Waals surface area (Å²) in [5.74, 6) is -11.2. The Kier molecular flexibility index (Phi) is 6.82. The van der Waals surface area contributed by atoms with Crippen LogP contribution in [0, 0.1) is 29.6 Å². The molecule has 0 heterocycles. The van der Waals surface area contributed by atoms with E-state index in [1.54, 1.807) is 44.2 Å². The predicted octanol–water partition coefficient (Wildman–Crippen LogP) is 1.37. The number of primary amides is 1. The molecule has 214 valence electrons. The quantitative estimate of drug-likeness (QED) is 0.361. The number of hydrogen-bond donors (Lipinski definition) is 3. The summed E-state index contributed by atoms with van der Waals surface area (Å²) in [4.78, 5) is 80.7. The van der Waals surface area contributed by atoms with E-state index >= 15 is 0 Å². The summed E-state index contributed by atoms with van der Waals surface area (Å²) in [5, 5.41) is 22.5. The zero-order chi connectivity index (χ0) is 30.1. The number of nitrogens with zero attached hydrogens (tertiary/aromatic N) is 1. The van der Waals surface area contributed by atoms with Crippen LogP contribution < -0.4 is 5.73 Å². The first-order valence-corrected chi connectivity index (χ1v) is 13.6. The summed E-state index contributed by atoms with van der Waals surface area (Å²) in [6.45, 7) is 3.59. The highest BCUT2D eigenvalue weighted by Gasteiger charge is 2.69. The molecule has 1 amide bonds. The topological polar surface area (TPSA) is 172 Å². The molecule has 10 nitrogen and oxygen atoms in total. The first-order valence-electron chi connectivity index (χ1n) is 13.6. The van der Waals surface area contributed by atoms with Gasteiger partial charge < -0.3 is 15.9 Å². The molecule has 0 saturated heterocycles. The van der Waals surface area contributed by atoms with E-state index in [2.05, 4.69) is 0 Å². The second-order valence-corrected chi connectivity index (χ2v) is 11.9. The maximum atomic E-state index is 13.9. The van der Waals surface area contributed by atoms with Crippen molar-refractivity contribution in [1.82, 2.24) is 4.90 Å². The molecule has 0 bridgehead atoms. The molecule has 2 aromatic rings. The number of likely N-dealkylation sites (N-methyl/N-ethyl adjacent to an activating group) is 1. The molecule has 2 unspecified atom stereocenters. The number of hydrogen-bond acceptors (Lipinski definition) is 9. The molecule has 6 atom stereocenters. The molecular formula is C31H32N2O8. The van der Waals surface area contributed by atoms with Crippen LogP contribution >= 0.6 is 0 Å². The third-order valence-electron chi connectivity index (χ3n) is 8.93. The molecule has 2 fully saturated rings. The summed E-state index contributed by atoms with van der Waals surface area (Å²) < 4.78 is 0. The number of Topliss-reactive ketones (excluding diaryl/α,β-unsaturated/α-hetero) is 5. The van der Waals surface area contributed by atoms with E-state index in [0.29, 0.717) is 22.3 Å². The van der Waals surface area contributed by atoms with Crippen molar-refractivity contribution in [1.29, 1.82) is 0 Å². The van der Waals surface area contributed by atoms with E-state index in [1.165, 1.54) is 25.1 Å². The maximum absolute atomic E-state index is 13.9. The van der Waals surface area contributed by atoms with Crippen LogP contribution in [-0.2, 0) is 25.6 Å². The standard InChI is InChI=1S/C31H32N2O8/c1-13(2)25(35)15-7-5-6-14(10-15)17-8-9-20(34)22-18(17)11-16-12-19-24(33(3)4)27(37)23(30(32)40)29(39)31(19,41)28(38)21(16)26(22)36/h5-10,13,16,19,21,23-24,34,41H,11-12H2,1-4H3,(H2,32,40)/t16-,19-,21?,23?,24-,31-/m0/s1. The van der Waals surface area contributed by atoms with Gasteiger partial charge >= 0.3 is 0 Å². The summed E-state index contributed by atoms with van der Waals surface area (Å²) in [5.41, 5.74) is 4.72. The van der Waals surface area contributed by atoms with Crippen molar-refractivity contribution in [3.8, 4) is 16.9 Å². The average Bonchev–Trinajstić information content (AvgIpc) is 2.90. The highest BCUT2D eigenvalue weighted by Crippen LogP contribution is 2.51. The van der Waals surface area contributed by atoms with Crippen molar-refractivity contribution in [2.75, 3.05) is 14.1 Å². The number of aliphatic hydroxyl groups is 1. The molecule has 41 heavy (non-hydrogen) atoms. The van der Waals surface area contributed by atoms with Crippen LogP contribution in [0.1, 0.15) is 46.5 Å². The Morgan fingerprint density at radius 1 is 1.05 bits per heavy atom. The molecule has 4 N–H and O–H groups in total. The molecule has 3 aliphatic rings. The van der Waals surface area contributed by atoms with Crippen LogP contribution in [0.2, 0.25) is 0 Å². The van der Waals surface area contributed by atoms with E-state index in [9.17, 15) is 39.0 Å². The Morgan fingerprint density at radius 3 is 2.34 bits per heavy atom. The van der Waals surface area contributed by atoms with Crippen LogP contribution in [0.25, 0.3) is 11.1 Å². The highest BCUT2D eigenvalue weighted by atomic mass is 16.3. The van der Waals surface area contributed by atoms with Crippen molar-refractivity contribution in [2.45, 2.75) is 38.3 Å². The first kappa shape index (κ1) is 28.5.